The lowest BCUT2D eigenvalue weighted by molar-refractivity contribution is 1.49. The molecule has 0 saturated carbocycles. The smallest absolute Gasteiger partial charge is 0.0612 e. The lowest BCUT2D eigenvalue weighted by Crippen LogP contribution is -1.99. The van der Waals surface area contributed by atoms with Gasteiger partial charge in [0.05, 0.1) is 11.4 Å². The fraction of sp³-hybridized carbons (Fsp3) is 0. The Hall–Kier alpha value is -6.12. The van der Waals surface area contributed by atoms with Crippen LogP contribution < -0.4 is 0 Å². The first-order valence-corrected chi connectivity index (χ1v) is 15.3. The molecule has 7 aromatic rings. The minimum atomic E-state index is 0.284. The quantitative estimate of drug-likeness (QED) is 0.101. The van der Waals surface area contributed by atoms with Crippen LogP contribution in [0.3, 0.4) is 0 Å². The van der Waals surface area contributed by atoms with Gasteiger partial charge in [0, 0.05) is 5.56 Å². The van der Waals surface area contributed by atoms with Gasteiger partial charge in [-0.2, -0.15) is 0 Å². The highest BCUT2D eigenvalue weighted by Crippen LogP contribution is 2.46. The van der Waals surface area contributed by atoms with E-state index in [0.717, 1.165) is 21.9 Å². The topological polar surface area (TPSA) is 47.7 Å². The van der Waals surface area contributed by atoms with Crippen molar-refractivity contribution in [1.29, 1.82) is 10.8 Å². The molecule has 7 aromatic carbocycles. The van der Waals surface area contributed by atoms with Crippen molar-refractivity contribution in [3.05, 3.63) is 182 Å². The van der Waals surface area contributed by atoms with Gasteiger partial charge in [0.15, 0.2) is 0 Å². The number of hydrogen-bond acceptors (Lipinski definition) is 2. The van der Waals surface area contributed by atoms with Crippen molar-refractivity contribution >= 4 is 54.5 Å². The Bertz CT molecular complexity index is 2430. The lowest BCUT2D eigenvalue weighted by atomic mass is 9.83. The van der Waals surface area contributed by atoms with Gasteiger partial charge in [0.2, 0.25) is 0 Å². The molecule has 0 radical (unpaired) electrons. The van der Waals surface area contributed by atoms with Gasteiger partial charge in [-0.1, -0.05) is 153 Å². The van der Waals surface area contributed by atoms with E-state index in [2.05, 4.69) is 134 Å². The molecule has 0 amide bonds. The number of hydrogen-bond donors (Lipinski definition) is 2. The normalized spacial score (nSPS) is 11.7. The van der Waals surface area contributed by atoms with Crippen LogP contribution in [0.25, 0.3) is 65.3 Å². The summed E-state index contributed by atoms with van der Waals surface area (Å²) in [6.45, 7) is 7.69. The molecule has 0 aliphatic heterocycles. The van der Waals surface area contributed by atoms with Crippen molar-refractivity contribution in [3.63, 3.8) is 0 Å². The summed E-state index contributed by atoms with van der Waals surface area (Å²) in [5.41, 5.74) is 6.67. The second kappa shape index (κ2) is 12.1. The monoisotopic (exact) mass is 588 g/mol. The van der Waals surface area contributed by atoms with Crippen LogP contribution in [0.15, 0.2) is 177 Å². The van der Waals surface area contributed by atoms with Crippen molar-refractivity contribution in [3.8, 4) is 22.3 Å². The van der Waals surface area contributed by atoms with Crippen LogP contribution in [-0.2, 0) is 0 Å². The third-order valence-electron chi connectivity index (χ3n) is 8.65. The highest BCUT2D eigenvalue weighted by Gasteiger charge is 2.20. The van der Waals surface area contributed by atoms with Gasteiger partial charge >= 0.3 is 0 Å². The molecule has 7 rings (SSSR count). The Morgan fingerprint density at radius 3 is 1.59 bits per heavy atom. The minimum absolute atomic E-state index is 0.284. The number of benzene rings is 7. The molecular formula is C44H32N2. The molecule has 218 valence electrons. The molecule has 0 saturated heterocycles. The number of rotatable bonds is 8. The van der Waals surface area contributed by atoms with E-state index in [1.807, 2.05) is 6.07 Å². The summed E-state index contributed by atoms with van der Waals surface area (Å²) in [4.78, 5) is 0. The second-order valence-corrected chi connectivity index (χ2v) is 11.4. The minimum Gasteiger partial charge on any atom is -0.300 e. The maximum Gasteiger partial charge on any atom is 0.0612 e. The summed E-state index contributed by atoms with van der Waals surface area (Å²) >= 11 is 0. The Kier molecular flexibility index (Phi) is 7.54. The molecule has 2 N–H and O–H groups in total. The van der Waals surface area contributed by atoms with Gasteiger partial charge in [-0.3, -0.25) is 0 Å². The van der Waals surface area contributed by atoms with Gasteiger partial charge in [0.1, 0.15) is 0 Å². The molecule has 0 aliphatic rings. The van der Waals surface area contributed by atoms with E-state index in [9.17, 15) is 0 Å². The third kappa shape index (κ3) is 5.06. The highest BCUT2D eigenvalue weighted by molar-refractivity contribution is 6.26. The molecule has 2 nitrogen and oxygen atoms in total. The van der Waals surface area contributed by atoms with Crippen molar-refractivity contribution in [1.82, 2.24) is 0 Å². The first-order valence-electron chi connectivity index (χ1n) is 15.3. The van der Waals surface area contributed by atoms with E-state index in [1.54, 1.807) is 30.4 Å². The molecule has 0 bridgehead atoms. The molecule has 0 aromatic heterocycles. The Balaban J connectivity index is 1.53. The van der Waals surface area contributed by atoms with E-state index in [-0.39, 0.29) is 5.71 Å². The largest absolute Gasteiger partial charge is 0.300 e. The predicted octanol–water partition coefficient (Wildman–Crippen LogP) is 11.9. The molecule has 0 unspecified atom stereocenters. The van der Waals surface area contributed by atoms with Crippen LogP contribution in [0.2, 0.25) is 0 Å². The SMILES string of the molecule is C=C/C=C\C(=N)C(=C)/C=C\C(=N)c1ccc2c(-c3cccc4ccccc34)c3ccccc3c(-c3cccc4ccccc34)c2c1. The van der Waals surface area contributed by atoms with Crippen LogP contribution in [0.4, 0.5) is 0 Å². The average Bonchev–Trinajstić information content (AvgIpc) is 3.11. The van der Waals surface area contributed by atoms with Gasteiger partial charge in [0.25, 0.3) is 0 Å². The number of fused-ring (bicyclic) bond motifs is 4. The molecule has 0 atom stereocenters. The molecule has 0 aliphatic carbocycles. The molecule has 0 fully saturated rings. The van der Waals surface area contributed by atoms with Crippen molar-refractivity contribution in [2.24, 2.45) is 0 Å². The van der Waals surface area contributed by atoms with E-state index in [1.165, 1.54) is 49.0 Å². The maximum absolute atomic E-state index is 9.04. The summed E-state index contributed by atoms with van der Waals surface area (Å²) in [5, 5.41) is 26.7. The van der Waals surface area contributed by atoms with Crippen molar-refractivity contribution < 1.29 is 0 Å². The van der Waals surface area contributed by atoms with Crippen LogP contribution >= 0.6 is 0 Å². The summed E-state index contributed by atoms with van der Waals surface area (Å²) in [5.74, 6) is 0. The van der Waals surface area contributed by atoms with Crippen LogP contribution in [0.1, 0.15) is 5.56 Å². The summed E-state index contributed by atoms with van der Waals surface area (Å²) in [7, 11) is 0. The molecule has 0 spiro atoms. The molecule has 2 heteroatoms. The summed E-state index contributed by atoms with van der Waals surface area (Å²) < 4.78 is 0. The Morgan fingerprint density at radius 1 is 0.500 bits per heavy atom. The van der Waals surface area contributed by atoms with E-state index in [4.69, 9.17) is 10.8 Å². The van der Waals surface area contributed by atoms with Crippen LogP contribution in [0.5, 0.6) is 0 Å². The lowest BCUT2D eigenvalue weighted by Gasteiger charge is -2.20. The standard InChI is InChI=1S/C44H32N2/c1-3-4-23-41(45)29(2)24-27-42(46)32-25-26-39-40(28-32)44(36-22-12-16-31-14-6-8-18-34(31)36)38-20-10-9-19-37(38)43(39)35-21-11-15-30-13-5-7-17-33(30)35/h3-28,45-46H,1-2H2/b23-4-,27-24-,45-41?,46-42?. The number of allylic oxidation sites excluding steroid dienone is 6. The summed E-state index contributed by atoms with van der Waals surface area (Å²) in [6.07, 6.45) is 8.45. The van der Waals surface area contributed by atoms with Gasteiger partial charge in [-0.25, -0.2) is 0 Å². The second-order valence-electron chi connectivity index (χ2n) is 11.4. The van der Waals surface area contributed by atoms with Crippen molar-refractivity contribution in [2.45, 2.75) is 0 Å². The fourth-order valence-corrected chi connectivity index (χ4v) is 6.45. The van der Waals surface area contributed by atoms with Crippen molar-refractivity contribution in [2.75, 3.05) is 0 Å². The zero-order chi connectivity index (χ0) is 31.6. The molecular weight excluding hydrogens is 556 g/mol. The zero-order valence-electron chi connectivity index (χ0n) is 25.4. The summed E-state index contributed by atoms with van der Waals surface area (Å²) in [6, 6.07) is 45.2. The molecule has 46 heavy (non-hydrogen) atoms. The maximum atomic E-state index is 9.04. The van der Waals surface area contributed by atoms with E-state index >= 15 is 0 Å². The van der Waals surface area contributed by atoms with Gasteiger partial charge < -0.3 is 10.8 Å². The predicted molar refractivity (Wildman–Crippen MR) is 200 cm³/mol. The van der Waals surface area contributed by atoms with Crippen LogP contribution in [-0.4, -0.2) is 11.4 Å². The van der Waals surface area contributed by atoms with E-state index in [0.29, 0.717) is 11.3 Å². The first-order chi connectivity index (χ1) is 22.5. The average molecular weight is 589 g/mol. The van der Waals surface area contributed by atoms with Crippen LogP contribution in [0, 0.1) is 10.8 Å². The first kappa shape index (κ1) is 28.6. The highest BCUT2D eigenvalue weighted by atomic mass is 14.4. The Morgan fingerprint density at radius 2 is 1.00 bits per heavy atom. The van der Waals surface area contributed by atoms with Gasteiger partial charge in [-0.05, 0) is 89.1 Å². The fourth-order valence-electron chi connectivity index (χ4n) is 6.45. The Labute approximate surface area is 269 Å². The third-order valence-corrected chi connectivity index (χ3v) is 8.65. The van der Waals surface area contributed by atoms with Gasteiger partial charge in [-0.15, -0.1) is 0 Å². The number of nitrogens with one attached hydrogen (secondary N) is 2. The van der Waals surface area contributed by atoms with E-state index < -0.39 is 0 Å². The zero-order valence-corrected chi connectivity index (χ0v) is 25.4. The molecule has 0 heterocycles.